The number of aromatic nitrogens is 2. The fourth-order valence-corrected chi connectivity index (χ4v) is 6.52. The summed E-state index contributed by atoms with van der Waals surface area (Å²) in [6, 6.07) is 51.2. The zero-order chi connectivity index (χ0) is 28.3. The monoisotopic (exact) mass is 551 g/mol. The molecule has 0 spiro atoms. The van der Waals surface area contributed by atoms with E-state index in [-0.39, 0.29) is 0 Å². The fourth-order valence-electron chi connectivity index (χ4n) is 6.52. The van der Waals surface area contributed by atoms with E-state index in [2.05, 4.69) is 131 Å². The first kappa shape index (κ1) is 23.8. The lowest BCUT2D eigenvalue weighted by molar-refractivity contribution is 0.667. The highest BCUT2D eigenvalue weighted by atomic mass is 16.3. The number of benzene rings is 6. The number of rotatable bonds is 4. The van der Waals surface area contributed by atoms with Crippen LogP contribution in [0.15, 0.2) is 156 Å². The lowest BCUT2D eigenvalue weighted by atomic mass is 10.0. The van der Waals surface area contributed by atoms with Crippen molar-refractivity contribution in [1.29, 1.82) is 0 Å². The summed E-state index contributed by atoms with van der Waals surface area (Å²) < 4.78 is 8.47. The summed E-state index contributed by atoms with van der Waals surface area (Å²) in [5.74, 6) is 0.829. The van der Waals surface area contributed by atoms with Crippen LogP contribution in [0.5, 0.6) is 0 Å². The van der Waals surface area contributed by atoms with E-state index in [1.807, 2.05) is 30.5 Å². The molecule has 4 heteroatoms. The van der Waals surface area contributed by atoms with Crippen molar-refractivity contribution in [3.8, 4) is 5.69 Å². The maximum atomic E-state index is 6.09. The minimum absolute atomic E-state index is 0.782. The largest absolute Gasteiger partial charge is 0.454 e. The van der Waals surface area contributed by atoms with Crippen molar-refractivity contribution < 1.29 is 4.42 Å². The summed E-state index contributed by atoms with van der Waals surface area (Å²) in [5, 5.41) is 7.17. The number of hydrogen-bond donors (Lipinski definition) is 0. The molecule has 0 amide bonds. The smallest absolute Gasteiger partial charge is 0.153 e. The standard InChI is InChI=1S/C39H25N3O/c1-2-12-27(13-3-1)41(38-24-33-31-17-7-9-20-36(31)43-37(33)25-40-38)28-14-10-15-29(23-28)42-34-19-8-6-18-32(34)39-30-16-5-4-11-26(30)21-22-35(39)42/h1-25H. The molecule has 6 aromatic carbocycles. The summed E-state index contributed by atoms with van der Waals surface area (Å²) in [6.07, 6.45) is 1.84. The van der Waals surface area contributed by atoms with Gasteiger partial charge in [-0.3, -0.25) is 4.90 Å². The van der Waals surface area contributed by atoms with Gasteiger partial charge in [0, 0.05) is 38.6 Å². The molecule has 0 bridgehead atoms. The Balaban J connectivity index is 1.28. The van der Waals surface area contributed by atoms with Crippen LogP contribution < -0.4 is 4.90 Å². The lowest BCUT2D eigenvalue weighted by Crippen LogP contribution is -2.11. The lowest BCUT2D eigenvalue weighted by Gasteiger charge is -2.25. The topological polar surface area (TPSA) is 34.2 Å². The molecule has 0 aliphatic heterocycles. The van der Waals surface area contributed by atoms with Gasteiger partial charge in [0.15, 0.2) is 5.58 Å². The van der Waals surface area contributed by atoms with Crippen LogP contribution in [0.3, 0.4) is 0 Å². The highest BCUT2D eigenvalue weighted by Crippen LogP contribution is 2.40. The first-order chi connectivity index (χ1) is 21.3. The van der Waals surface area contributed by atoms with Crippen molar-refractivity contribution >= 4 is 71.7 Å². The Hall–Kier alpha value is -5.87. The average Bonchev–Trinajstić information content (AvgIpc) is 3.61. The molecule has 0 N–H and O–H groups in total. The summed E-state index contributed by atoms with van der Waals surface area (Å²) in [7, 11) is 0. The number of pyridine rings is 1. The molecule has 0 atom stereocenters. The van der Waals surface area contributed by atoms with Gasteiger partial charge in [0.05, 0.1) is 17.2 Å². The van der Waals surface area contributed by atoms with Gasteiger partial charge in [0.2, 0.25) is 0 Å². The molecule has 0 radical (unpaired) electrons. The molecule has 3 aromatic heterocycles. The quantitative estimate of drug-likeness (QED) is 0.218. The molecule has 202 valence electrons. The zero-order valence-electron chi connectivity index (χ0n) is 23.2. The normalized spacial score (nSPS) is 11.7. The summed E-state index contributed by atoms with van der Waals surface area (Å²) in [6.45, 7) is 0. The second-order valence-electron chi connectivity index (χ2n) is 10.9. The van der Waals surface area contributed by atoms with Gasteiger partial charge >= 0.3 is 0 Å². The van der Waals surface area contributed by atoms with Gasteiger partial charge in [-0.1, -0.05) is 91.0 Å². The van der Waals surface area contributed by atoms with E-state index in [0.29, 0.717) is 0 Å². The number of anilines is 3. The van der Waals surface area contributed by atoms with E-state index < -0.39 is 0 Å². The van der Waals surface area contributed by atoms with Gasteiger partial charge < -0.3 is 8.98 Å². The maximum absolute atomic E-state index is 6.09. The van der Waals surface area contributed by atoms with Crippen LogP contribution in [0.2, 0.25) is 0 Å². The Morgan fingerprint density at radius 2 is 1.26 bits per heavy atom. The Kier molecular flexibility index (Phi) is 5.16. The molecule has 3 heterocycles. The Morgan fingerprint density at radius 1 is 0.512 bits per heavy atom. The summed E-state index contributed by atoms with van der Waals surface area (Å²) in [5.41, 5.74) is 7.17. The zero-order valence-corrected chi connectivity index (χ0v) is 23.2. The van der Waals surface area contributed by atoms with E-state index >= 15 is 0 Å². The third-order valence-electron chi connectivity index (χ3n) is 8.40. The van der Waals surface area contributed by atoms with Gasteiger partial charge in [-0.05, 0) is 65.4 Å². The van der Waals surface area contributed by atoms with E-state index in [4.69, 9.17) is 9.40 Å². The fraction of sp³-hybridized carbons (Fsp3) is 0. The van der Waals surface area contributed by atoms with E-state index in [1.165, 1.54) is 32.6 Å². The van der Waals surface area contributed by atoms with Crippen molar-refractivity contribution in [2.45, 2.75) is 0 Å². The Morgan fingerprint density at radius 3 is 2.16 bits per heavy atom. The minimum Gasteiger partial charge on any atom is -0.454 e. The van der Waals surface area contributed by atoms with Crippen LogP contribution >= 0.6 is 0 Å². The molecule has 9 aromatic rings. The van der Waals surface area contributed by atoms with E-state index in [1.54, 1.807) is 0 Å². The SMILES string of the molecule is c1ccc(N(c2cccc(-n3c4ccccc4c4c5ccccc5ccc43)c2)c2cc3c(cn2)oc2ccccc23)cc1. The maximum Gasteiger partial charge on any atom is 0.153 e. The second kappa shape index (κ2) is 9.33. The van der Waals surface area contributed by atoms with Crippen molar-refractivity contribution in [3.63, 3.8) is 0 Å². The molecule has 0 saturated carbocycles. The van der Waals surface area contributed by atoms with Crippen LogP contribution in [0.25, 0.3) is 60.2 Å². The summed E-state index contributed by atoms with van der Waals surface area (Å²) in [4.78, 5) is 7.12. The number of furan rings is 1. The van der Waals surface area contributed by atoms with Crippen LogP contribution in [-0.2, 0) is 0 Å². The molecule has 0 aliphatic carbocycles. The van der Waals surface area contributed by atoms with Gasteiger partial charge in [-0.15, -0.1) is 0 Å². The van der Waals surface area contributed by atoms with E-state index in [0.717, 1.165) is 44.8 Å². The van der Waals surface area contributed by atoms with E-state index in [9.17, 15) is 0 Å². The molecule has 43 heavy (non-hydrogen) atoms. The third-order valence-corrected chi connectivity index (χ3v) is 8.40. The number of fused-ring (bicyclic) bond motifs is 8. The summed E-state index contributed by atoms with van der Waals surface area (Å²) >= 11 is 0. The predicted molar refractivity (Wildman–Crippen MR) is 178 cm³/mol. The van der Waals surface area contributed by atoms with Crippen molar-refractivity contribution in [2.75, 3.05) is 4.90 Å². The molecule has 0 aliphatic rings. The molecule has 0 fully saturated rings. The minimum atomic E-state index is 0.782. The van der Waals surface area contributed by atoms with Crippen molar-refractivity contribution in [1.82, 2.24) is 9.55 Å². The van der Waals surface area contributed by atoms with Crippen molar-refractivity contribution in [3.05, 3.63) is 152 Å². The number of nitrogens with zero attached hydrogens (tertiary/aromatic N) is 3. The molecular weight excluding hydrogens is 526 g/mol. The Bertz CT molecular complexity index is 2470. The van der Waals surface area contributed by atoms with Crippen LogP contribution in [0, 0.1) is 0 Å². The first-order valence-corrected chi connectivity index (χ1v) is 14.5. The third kappa shape index (κ3) is 3.67. The molecule has 0 saturated heterocycles. The first-order valence-electron chi connectivity index (χ1n) is 14.5. The number of hydrogen-bond acceptors (Lipinski definition) is 3. The van der Waals surface area contributed by atoms with Gasteiger partial charge in [0.25, 0.3) is 0 Å². The molecule has 4 nitrogen and oxygen atoms in total. The van der Waals surface area contributed by atoms with Gasteiger partial charge in [-0.25, -0.2) is 4.98 Å². The van der Waals surface area contributed by atoms with Crippen LogP contribution in [0.1, 0.15) is 0 Å². The highest BCUT2D eigenvalue weighted by Gasteiger charge is 2.19. The Labute approximate surface area is 247 Å². The second-order valence-corrected chi connectivity index (χ2v) is 10.9. The van der Waals surface area contributed by atoms with Gasteiger partial charge in [-0.2, -0.15) is 0 Å². The molecule has 0 unspecified atom stereocenters. The molecule has 9 rings (SSSR count). The van der Waals surface area contributed by atoms with Crippen molar-refractivity contribution in [2.24, 2.45) is 0 Å². The molecular formula is C39H25N3O. The highest BCUT2D eigenvalue weighted by molar-refractivity contribution is 6.21. The van der Waals surface area contributed by atoms with Crippen LogP contribution in [-0.4, -0.2) is 9.55 Å². The van der Waals surface area contributed by atoms with Gasteiger partial charge in [0.1, 0.15) is 11.4 Å². The number of para-hydroxylation sites is 3. The predicted octanol–water partition coefficient (Wildman–Crippen LogP) is 10.7. The average molecular weight is 552 g/mol. The van der Waals surface area contributed by atoms with Crippen LogP contribution in [0.4, 0.5) is 17.2 Å².